The van der Waals surface area contributed by atoms with Crippen LogP contribution in [0.15, 0.2) is 59.4 Å². The van der Waals surface area contributed by atoms with Crippen molar-refractivity contribution in [1.29, 1.82) is 0 Å². The molecule has 0 atom stereocenters. The Bertz CT molecular complexity index is 1070. The van der Waals surface area contributed by atoms with E-state index in [1.165, 1.54) is 21.3 Å². The molecule has 0 N–H and O–H groups in total. The third kappa shape index (κ3) is 3.89. The third-order valence-electron chi connectivity index (χ3n) is 4.81. The van der Waals surface area contributed by atoms with Gasteiger partial charge in [-0.2, -0.15) is 0 Å². The Balaban J connectivity index is 2.39. The summed E-state index contributed by atoms with van der Waals surface area (Å²) in [6, 6.07) is 16.7. The van der Waals surface area contributed by atoms with Gasteiger partial charge in [-0.3, -0.25) is 4.79 Å². The van der Waals surface area contributed by atoms with Gasteiger partial charge in [0.1, 0.15) is 11.5 Å². The first kappa shape index (κ1) is 21.0. The van der Waals surface area contributed by atoms with Crippen LogP contribution in [0.4, 0.5) is 0 Å². The summed E-state index contributed by atoms with van der Waals surface area (Å²) in [6.07, 6.45) is 0. The molecule has 0 bridgehead atoms. The van der Waals surface area contributed by atoms with Crippen LogP contribution < -0.4 is 29.1 Å². The fourth-order valence-electron chi connectivity index (χ4n) is 3.29. The highest BCUT2D eigenvalue weighted by molar-refractivity contribution is 5.82. The van der Waals surface area contributed by atoms with Gasteiger partial charge in [-0.05, 0) is 41.5 Å². The molecule has 0 heterocycles. The van der Waals surface area contributed by atoms with Crippen LogP contribution in [0.25, 0.3) is 22.3 Å². The maximum Gasteiger partial charge on any atom is 0.266 e. The summed E-state index contributed by atoms with van der Waals surface area (Å²) in [5.74, 6) is 1.99. The molecule has 6 nitrogen and oxygen atoms in total. The molecule has 3 aromatic rings. The van der Waals surface area contributed by atoms with Crippen molar-refractivity contribution in [3.05, 3.63) is 64.8 Å². The van der Waals surface area contributed by atoms with Gasteiger partial charge in [0.05, 0.1) is 35.5 Å². The fraction of sp³-hybridized carbons (Fsp3) is 0.208. The molecule has 0 spiro atoms. The van der Waals surface area contributed by atoms with Crippen LogP contribution in [-0.4, -0.2) is 35.5 Å². The van der Waals surface area contributed by atoms with Crippen LogP contribution in [0.3, 0.4) is 0 Å². The number of ether oxygens (including phenoxy) is 5. The standard InChI is InChI=1S/C24H24O6/c1-26-17-10-6-15(7-11-17)19-14-20(16-8-12-18(27-2)13-9-16)23(29-4)24(30-5)21(25)22(19)28-3/h6-14H,1-5H3. The number of hydrogen-bond donors (Lipinski definition) is 0. The van der Waals surface area contributed by atoms with E-state index in [2.05, 4.69) is 0 Å². The summed E-state index contributed by atoms with van der Waals surface area (Å²) in [5.41, 5.74) is 2.52. The molecule has 3 rings (SSSR count). The lowest BCUT2D eigenvalue weighted by Gasteiger charge is -2.10. The summed E-state index contributed by atoms with van der Waals surface area (Å²) in [6.45, 7) is 0. The van der Waals surface area contributed by atoms with Crippen molar-refractivity contribution in [2.24, 2.45) is 0 Å². The van der Waals surface area contributed by atoms with Gasteiger partial charge >= 0.3 is 0 Å². The number of hydrogen-bond acceptors (Lipinski definition) is 6. The Morgan fingerprint density at radius 2 is 0.900 bits per heavy atom. The van der Waals surface area contributed by atoms with E-state index in [4.69, 9.17) is 23.7 Å². The van der Waals surface area contributed by atoms with Crippen LogP contribution in [0.2, 0.25) is 0 Å². The van der Waals surface area contributed by atoms with Gasteiger partial charge < -0.3 is 23.7 Å². The van der Waals surface area contributed by atoms with Gasteiger partial charge in [0.2, 0.25) is 5.75 Å². The maximum absolute atomic E-state index is 13.2. The number of benzene rings is 2. The Morgan fingerprint density at radius 3 is 1.27 bits per heavy atom. The summed E-state index contributed by atoms with van der Waals surface area (Å²) >= 11 is 0. The van der Waals surface area contributed by atoms with Crippen molar-refractivity contribution < 1.29 is 23.7 Å². The van der Waals surface area contributed by atoms with Crippen molar-refractivity contribution in [1.82, 2.24) is 0 Å². The zero-order valence-corrected chi connectivity index (χ0v) is 17.6. The minimum atomic E-state index is -0.401. The first-order valence-electron chi connectivity index (χ1n) is 9.24. The van der Waals surface area contributed by atoms with E-state index in [9.17, 15) is 4.79 Å². The Hall–Kier alpha value is -3.67. The second kappa shape index (κ2) is 9.22. The van der Waals surface area contributed by atoms with E-state index >= 15 is 0 Å². The van der Waals surface area contributed by atoms with Crippen molar-refractivity contribution in [2.75, 3.05) is 35.5 Å². The normalized spacial score (nSPS) is 10.3. The predicted octanol–water partition coefficient (Wildman–Crippen LogP) is 4.42. The third-order valence-corrected chi connectivity index (χ3v) is 4.81. The van der Waals surface area contributed by atoms with E-state index < -0.39 is 5.43 Å². The molecule has 0 fully saturated rings. The lowest BCUT2D eigenvalue weighted by molar-refractivity contribution is 0.350. The first-order valence-corrected chi connectivity index (χ1v) is 9.24. The summed E-state index contributed by atoms with van der Waals surface area (Å²) in [5, 5.41) is 0. The van der Waals surface area contributed by atoms with Gasteiger partial charge in [0.15, 0.2) is 11.5 Å². The van der Waals surface area contributed by atoms with Gasteiger partial charge in [0, 0.05) is 11.1 Å². The lowest BCUT2D eigenvalue weighted by atomic mass is 10.0. The highest BCUT2D eigenvalue weighted by atomic mass is 16.5. The van der Waals surface area contributed by atoms with Gasteiger partial charge in [-0.1, -0.05) is 24.3 Å². The van der Waals surface area contributed by atoms with Crippen LogP contribution in [0.1, 0.15) is 0 Å². The zero-order valence-electron chi connectivity index (χ0n) is 17.6. The molecule has 6 heteroatoms. The molecule has 0 aromatic heterocycles. The summed E-state index contributed by atoms with van der Waals surface area (Å²) in [4.78, 5) is 13.2. The van der Waals surface area contributed by atoms with E-state index in [0.717, 1.165) is 16.9 Å². The van der Waals surface area contributed by atoms with Gasteiger partial charge in [0.25, 0.3) is 5.43 Å². The molecule has 156 valence electrons. The topological polar surface area (TPSA) is 63.2 Å². The zero-order chi connectivity index (χ0) is 21.7. The Morgan fingerprint density at radius 1 is 0.500 bits per heavy atom. The van der Waals surface area contributed by atoms with Crippen molar-refractivity contribution >= 4 is 0 Å². The Labute approximate surface area is 175 Å². The molecule has 0 saturated heterocycles. The monoisotopic (exact) mass is 408 g/mol. The van der Waals surface area contributed by atoms with Crippen LogP contribution in [-0.2, 0) is 0 Å². The predicted molar refractivity (Wildman–Crippen MR) is 116 cm³/mol. The van der Waals surface area contributed by atoms with E-state index in [0.29, 0.717) is 22.6 Å². The van der Waals surface area contributed by atoms with Crippen LogP contribution >= 0.6 is 0 Å². The maximum atomic E-state index is 13.2. The van der Waals surface area contributed by atoms with Crippen molar-refractivity contribution in [3.63, 3.8) is 0 Å². The fourth-order valence-corrected chi connectivity index (χ4v) is 3.29. The second-order valence-corrected chi connectivity index (χ2v) is 6.36. The molecule has 0 unspecified atom stereocenters. The average molecular weight is 408 g/mol. The highest BCUT2D eigenvalue weighted by Crippen LogP contribution is 2.41. The van der Waals surface area contributed by atoms with E-state index in [1.54, 1.807) is 14.2 Å². The quantitative estimate of drug-likeness (QED) is 0.577. The lowest BCUT2D eigenvalue weighted by Crippen LogP contribution is -2.08. The summed E-state index contributed by atoms with van der Waals surface area (Å²) in [7, 11) is 7.61. The SMILES string of the molecule is COc1ccc(-c2cc(-c3ccc(OC)cc3)c(OC)c(=O)c(OC)c2OC)cc1. The second-order valence-electron chi connectivity index (χ2n) is 6.36. The Kier molecular flexibility index (Phi) is 6.47. The molecule has 0 aliphatic rings. The van der Waals surface area contributed by atoms with Crippen LogP contribution in [0, 0.1) is 0 Å². The minimum Gasteiger partial charge on any atom is -0.497 e. The molecule has 0 saturated carbocycles. The molecular weight excluding hydrogens is 384 g/mol. The minimum absolute atomic E-state index is 0.0694. The van der Waals surface area contributed by atoms with Crippen LogP contribution in [0.5, 0.6) is 28.7 Å². The largest absolute Gasteiger partial charge is 0.497 e. The first-order chi connectivity index (χ1) is 14.6. The molecule has 3 aromatic carbocycles. The van der Waals surface area contributed by atoms with Gasteiger partial charge in [-0.15, -0.1) is 0 Å². The summed E-state index contributed by atoms with van der Waals surface area (Å²) < 4.78 is 27.1. The number of methoxy groups -OCH3 is 5. The van der Waals surface area contributed by atoms with Crippen molar-refractivity contribution in [2.45, 2.75) is 0 Å². The van der Waals surface area contributed by atoms with Crippen molar-refractivity contribution in [3.8, 4) is 51.0 Å². The molecular formula is C24H24O6. The molecule has 0 aliphatic heterocycles. The van der Waals surface area contributed by atoms with E-state index in [1.807, 2.05) is 54.6 Å². The smallest absolute Gasteiger partial charge is 0.266 e. The molecule has 0 amide bonds. The molecule has 30 heavy (non-hydrogen) atoms. The molecule has 0 aliphatic carbocycles. The molecule has 0 radical (unpaired) electrons. The highest BCUT2D eigenvalue weighted by Gasteiger charge is 2.21. The number of rotatable bonds is 7. The van der Waals surface area contributed by atoms with Gasteiger partial charge in [-0.25, -0.2) is 0 Å². The van der Waals surface area contributed by atoms with E-state index in [-0.39, 0.29) is 11.5 Å². The average Bonchev–Trinajstić information content (AvgIpc) is 2.92.